The molecule has 0 aliphatic rings. The Morgan fingerprint density at radius 2 is 2.27 bits per heavy atom. The third-order valence-electron chi connectivity index (χ3n) is 2.39. The van der Waals surface area contributed by atoms with Crippen molar-refractivity contribution in [1.29, 1.82) is 0 Å². The van der Waals surface area contributed by atoms with Crippen LogP contribution in [0.1, 0.15) is 12.5 Å². The van der Waals surface area contributed by atoms with Crippen LogP contribution in [0.25, 0.3) is 0 Å². The Labute approximate surface area is 105 Å². The summed E-state index contributed by atoms with van der Waals surface area (Å²) >= 11 is 8.41. The van der Waals surface area contributed by atoms with Gasteiger partial charge in [0, 0.05) is 11.0 Å². The van der Waals surface area contributed by atoms with E-state index in [4.69, 9.17) is 18.0 Å². The quantitative estimate of drug-likeness (QED) is 0.863. The molecule has 0 heterocycles. The summed E-state index contributed by atoms with van der Waals surface area (Å²) in [5.41, 5.74) is 6.85. The molecule has 4 heteroatoms. The maximum Gasteiger partial charge on any atom is 0.0899 e. The fraction of sp³-hybridized carbons (Fsp3) is 0.364. The maximum absolute atomic E-state index is 5.60. The first kappa shape index (κ1) is 12.6. The van der Waals surface area contributed by atoms with Crippen LogP contribution in [0.15, 0.2) is 28.7 Å². The summed E-state index contributed by atoms with van der Waals surface area (Å²) in [6, 6.07) is 8.36. The van der Waals surface area contributed by atoms with Gasteiger partial charge in [-0.3, -0.25) is 4.90 Å². The van der Waals surface area contributed by atoms with Gasteiger partial charge >= 0.3 is 0 Å². The second-order valence-electron chi connectivity index (χ2n) is 3.62. The molecule has 0 aliphatic carbocycles. The minimum absolute atomic E-state index is 0.124. The SMILES string of the molecule is CC(C(N)=S)N(C)Cc1cccc(Br)c1. The maximum atomic E-state index is 5.60. The van der Waals surface area contributed by atoms with Gasteiger partial charge in [-0.1, -0.05) is 40.3 Å². The van der Waals surface area contributed by atoms with Gasteiger partial charge in [0.15, 0.2) is 0 Å². The summed E-state index contributed by atoms with van der Waals surface area (Å²) < 4.78 is 1.09. The average Bonchev–Trinajstić information content (AvgIpc) is 2.16. The molecular weight excluding hydrogens is 272 g/mol. The summed E-state index contributed by atoms with van der Waals surface area (Å²) in [6.07, 6.45) is 0. The lowest BCUT2D eigenvalue weighted by Crippen LogP contribution is -2.38. The Hall–Kier alpha value is -0.450. The Morgan fingerprint density at radius 3 is 2.80 bits per heavy atom. The standard InChI is InChI=1S/C11H15BrN2S/c1-8(11(13)15)14(2)7-9-4-3-5-10(12)6-9/h3-6,8H,7H2,1-2H3,(H2,13,15). The summed E-state index contributed by atoms with van der Waals surface area (Å²) in [6.45, 7) is 2.86. The number of hydrogen-bond acceptors (Lipinski definition) is 2. The molecule has 2 nitrogen and oxygen atoms in total. The molecule has 0 fully saturated rings. The third kappa shape index (κ3) is 3.89. The highest BCUT2D eigenvalue weighted by Crippen LogP contribution is 2.13. The van der Waals surface area contributed by atoms with E-state index in [2.05, 4.69) is 33.0 Å². The third-order valence-corrected chi connectivity index (χ3v) is 3.23. The molecule has 0 bridgehead atoms. The summed E-state index contributed by atoms with van der Waals surface area (Å²) in [5.74, 6) is 0. The van der Waals surface area contributed by atoms with E-state index < -0.39 is 0 Å². The van der Waals surface area contributed by atoms with Crippen LogP contribution in [0, 0.1) is 0 Å². The van der Waals surface area contributed by atoms with Crippen molar-refractivity contribution in [1.82, 2.24) is 4.90 Å². The molecule has 0 radical (unpaired) electrons. The Morgan fingerprint density at radius 1 is 1.60 bits per heavy atom. The average molecular weight is 287 g/mol. The lowest BCUT2D eigenvalue weighted by atomic mass is 10.2. The first-order valence-electron chi connectivity index (χ1n) is 4.74. The number of likely N-dealkylation sites (N-methyl/N-ethyl adjacent to an activating group) is 1. The zero-order valence-corrected chi connectivity index (χ0v) is 11.3. The highest BCUT2D eigenvalue weighted by molar-refractivity contribution is 9.10. The van der Waals surface area contributed by atoms with Crippen molar-refractivity contribution in [2.75, 3.05) is 7.05 Å². The molecule has 82 valence electrons. The Balaban J connectivity index is 2.66. The number of benzene rings is 1. The summed E-state index contributed by atoms with van der Waals surface area (Å²) in [7, 11) is 2.02. The van der Waals surface area contributed by atoms with Crippen LogP contribution >= 0.6 is 28.1 Å². The number of nitrogens with two attached hydrogens (primary N) is 1. The van der Waals surface area contributed by atoms with Gasteiger partial charge in [0.2, 0.25) is 0 Å². The van der Waals surface area contributed by atoms with E-state index in [0.717, 1.165) is 11.0 Å². The molecule has 15 heavy (non-hydrogen) atoms. The van der Waals surface area contributed by atoms with Crippen LogP contribution in [0.3, 0.4) is 0 Å². The number of nitrogens with zero attached hydrogens (tertiary/aromatic N) is 1. The van der Waals surface area contributed by atoms with Crippen LogP contribution in [0.4, 0.5) is 0 Å². The lowest BCUT2D eigenvalue weighted by molar-refractivity contribution is 0.304. The molecule has 0 spiro atoms. The minimum atomic E-state index is 0.124. The number of hydrogen-bond donors (Lipinski definition) is 1. The van der Waals surface area contributed by atoms with E-state index >= 15 is 0 Å². The first-order chi connectivity index (χ1) is 7.00. The zero-order chi connectivity index (χ0) is 11.4. The molecule has 2 N–H and O–H groups in total. The van der Waals surface area contributed by atoms with E-state index in [1.807, 2.05) is 26.1 Å². The highest BCUT2D eigenvalue weighted by atomic mass is 79.9. The number of thiocarbonyl (C=S) groups is 1. The Bertz CT molecular complexity index is 354. The van der Waals surface area contributed by atoms with Crippen molar-refractivity contribution in [3.63, 3.8) is 0 Å². The second-order valence-corrected chi connectivity index (χ2v) is 5.01. The molecule has 1 aromatic carbocycles. The van der Waals surface area contributed by atoms with Crippen molar-refractivity contribution in [3.05, 3.63) is 34.3 Å². The molecular formula is C11H15BrN2S. The minimum Gasteiger partial charge on any atom is -0.392 e. The van der Waals surface area contributed by atoms with E-state index in [1.165, 1.54) is 5.56 Å². The fourth-order valence-corrected chi connectivity index (χ4v) is 1.90. The summed E-state index contributed by atoms with van der Waals surface area (Å²) in [5, 5.41) is 0. The molecule has 1 unspecified atom stereocenters. The van der Waals surface area contributed by atoms with Crippen LogP contribution in [0.5, 0.6) is 0 Å². The van der Waals surface area contributed by atoms with Crippen LogP contribution in [0.2, 0.25) is 0 Å². The molecule has 0 aliphatic heterocycles. The fourth-order valence-electron chi connectivity index (χ4n) is 1.28. The van der Waals surface area contributed by atoms with Crippen molar-refractivity contribution in [2.45, 2.75) is 19.5 Å². The number of rotatable bonds is 4. The van der Waals surface area contributed by atoms with Gasteiger partial charge in [-0.2, -0.15) is 0 Å². The molecule has 0 saturated heterocycles. The first-order valence-corrected chi connectivity index (χ1v) is 5.95. The van der Waals surface area contributed by atoms with E-state index in [1.54, 1.807) is 0 Å². The van der Waals surface area contributed by atoms with Gasteiger partial charge in [0.05, 0.1) is 11.0 Å². The normalized spacial score (nSPS) is 12.8. The molecule has 1 rings (SSSR count). The number of halogens is 1. The van der Waals surface area contributed by atoms with Gasteiger partial charge < -0.3 is 5.73 Å². The van der Waals surface area contributed by atoms with Crippen molar-refractivity contribution in [3.8, 4) is 0 Å². The van der Waals surface area contributed by atoms with Crippen LogP contribution in [-0.4, -0.2) is 23.0 Å². The topological polar surface area (TPSA) is 29.3 Å². The van der Waals surface area contributed by atoms with E-state index in [-0.39, 0.29) is 6.04 Å². The molecule has 0 aromatic heterocycles. The predicted octanol–water partition coefficient (Wildman–Crippen LogP) is 2.56. The lowest BCUT2D eigenvalue weighted by Gasteiger charge is -2.23. The molecule has 0 saturated carbocycles. The van der Waals surface area contributed by atoms with Gasteiger partial charge in [-0.15, -0.1) is 0 Å². The monoisotopic (exact) mass is 286 g/mol. The largest absolute Gasteiger partial charge is 0.392 e. The Kier molecular flexibility index (Phi) is 4.70. The van der Waals surface area contributed by atoms with E-state index in [9.17, 15) is 0 Å². The summed E-state index contributed by atoms with van der Waals surface area (Å²) in [4.78, 5) is 2.66. The van der Waals surface area contributed by atoms with E-state index in [0.29, 0.717) is 4.99 Å². The molecule has 0 amide bonds. The predicted molar refractivity (Wildman–Crippen MR) is 71.9 cm³/mol. The smallest absolute Gasteiger partial charge is 0.0899 e. The van der Waals surface area contributed by atoms with Crippen molar-refractivity contribution < 1.29 is 0 Å². The zero-order valence-electron chi connectivity index (χ0n) is 8.90. The van der Waals surface area contributed by atoms with Crippen LogP contribution in [-0.2, 0) is 6.54 Å². The van der Waals surface area contributed by atoms with Gasteiger partial charge in [0.25, 0.3) is 0 Å². The molecule has 1 aromatic rings. The second kappa shape index (κ2) is 5.58. The van der Waals surface area contributed by atoms with Gasteiger partial charge in [-0.25, -0.2) is 0 Å². The van der Waals surface area contributed by atoms with Gasteiger partial charge in [0.1, 0.15) is 0 Å². The van der Waals surface area contributed by atoms with Crippen LogP contribution < -0.4 is 5.73 Å². The van der Waals surface area contributed by atoms with Crippen molar-refractivity contribution in [2.24, 2.45) is 5.73 Å². The molecule has 1 atom stereocenters. The van der Waals surface area contributed by atoms with Crippen molar-refractivity contribution >= 4 is 33.1 Å². The van der Waals surface area contributed by atoms with Gasteiger partial charge in [-0.05, 0) is 31.7 Å². The highest BCUT2D eigenvalue weighted by Gasteiger charge is 2.11.